The zero-order valence-electron chi connectivity index (χ0n) is 12.8. The van der Waals surface area contributed by atoms with Gasteiger partial charge in [0.2, 0.25) is 0 Å². The van der Waals surface area contributed by atoms with Crippen molar-refractivity contribution in [3.63, 3.8) is 0 Å². The van der Waals surface area contributed by atoms with E-state index < -0.39 is 30.3 Å². The highest BCUT2D eigenvalue weighted by Gasteiger charge is 2.41. The van der Waals surface area contributed by atoms with Gasteiger partial charge in [-0.2, -0.15) is 0 Å². The van der Waals surface area contributed by atoms with Gasteiger partial charge in [-0.15, -0.1) is 0 Å². The van der Waals surface area contributed by atoms with E-state index in [0.717, 1.165) is 5.56 Å². The molecule has 0 spiro atoms. The van der Waals surface area contributed by atoms with E-state index in [1.165, 1.54) is 13.8 Å². The second kappa shape index (κ2) is 7.57. The average molecular weight is 341 g/mol. The summed E-state index contributed by atoms with van der Waals surface area (Å²) < 4.78 is 15.8. The summed E-state index contributed by atoms with van der Waals surface area (Å²) in [5, 5.41) is 0.574. The van der Waals surface area contributed by atoms with Crippen LogP contribution in [-0.4, -0.2) is 36.5 Å². The molecule has 1 heterocycles. The summed E-state index contributed by atoms with van der Waals surface area (Å²) in [6, 6.07) is 6.92. The second-order valence-electron chi connectivity index (χ2n) is 5.22. The Kier molecular flexibility index (Phi) is 5.74. The monoisotopic (exact) mass is 340 g/mol. The molecule has 2 rings (SSSR count). The van der Waals surface area contributed by atoms with Crippen molar-refractivity contribution >= 4 is 29.3 Å². The van der Waals surface area contributed by atoms with Gasteiger partial charge < -0.3 is 14.2 Å². The molecule has 1 aliphatic heterocycles. The average Bonchev–Trinajstić information content (AvgIpc) is 2.48. The van der Waals surface area contributed by atoms with E-state index >= 15 is 0 Å². The Morgan fingerprint density at radius 1 is 1.22 bits per heavy atom. The Morgan fingerprint density at radius 3 is 2.43 bits per heavy atom. The van der Waals surface area contributed by atoms with E-state index in [1.54, 1.807) is 24.3 Å². The van der Waals surface area contributed by atoms with E-state index in [-0.39, 0.29) is 18.8 Å². The SMILES string of the molecule is CC(=O)OC[C@H]1O[C@H](c2ccc(Cl)cc2)CC(=O)[C@@H]1OC(C)=O. The Hall–Kier alpha value is -1.92. The highest BCUT2D eigenvalue weighted by atomic mass is 35.5. The first-order valence-electron chi connectivity index (χ1n) is 7.11. The van der Waals surface area contributed by atoms with Gasteiger partial charge in [0.05, 0.1) is 6.10 Å². The first kappa shape index (κ1) is 17.4. The van der Waals surface area contributed by atoms with Crippen molar-refractivity contribution in [3.05, 3.63) is 34.9 Å². The first-order chi connectivity index (χ1) is 10.9. The Bertz CT molecular complexity index is 597. The summed E-state index contributed by atoms with van der Waals surface area (Å²) in [6.45, 7) is 2.30. The van der Waals surface area contributed by atoms with Crippen molar-refractivity contribution in [2.24, 2.45) is 0 Å². The van der Waals surface area contributed by atoms with Crippen molar-refractivity contribution in [1.82, 2.24) is 0 Å². The number of esters is 2. The number of benzene rings is 1. The van der Waals surface area contributed by atoms with E-state index in [1.807, 2.05) is 0 Å². The molecule has 1 aromatic carbocycles. The van der Waals surface area contributed by atoms with E-state index in [9.17, 15) is 14.4 Å². The number of hydrogen-bond donors (Lipinski definition) is 0. The summed E-state index contributed by atoms with van der Waals surface area (Å²) in [5.41, 5.74) is 0.775. The summed E-state index contributed by atoms with van der Waals surface area (Å²) in [4.78, 5) is 34.5. The molecule has 0 amide bonds. The predicted molar refractivity (Wildman–Crippen MR) is 80.9 cm³/mol. The third-order valence-electron chi connectivity index (χ3n) is 3.37. The topological polar surface area (TPSA) is 78.9 Å². The van der Waals surface area contributed by atoms with Crippen LogP contribution in [0.25, 0.3) is 0 Å². The Labute approximate surface area is 138 Å². The number of carbonyl (C=O) groups is 3. The summed E-state index contributed by atoms with van der Waals surface area (Å²) in [5.74, 6) is -1.37. The molecule has 1 aromatic rings. The van der Waals surface area contributed by atoms with Crippen LogP contribution < -0.4 is 0 Å². The minimum Gasteiger partial charge on any atom is -0.463 e. The van der Waals surface area contributed by atoms with Crippen LogP contribution in [0.15, 0.2) is 24.3 Å². The fourth-order valence-corrected chi connectivity index (χ4v) is 2.48. The lowest BCUT2D eigenvalue weighted by Gasteiger charge is -2.34. The standard InChI is InChI=1S/C16H17ClO6/c1-9(18)21-8-15-16(22-10(2)19)13(20)7-14(23-15)11-3-5-12(17)6-4-11/h3-6,14-16H,7-8H2,1-2H3/t14-,15+,16-/m0/s1. The molecule has 6 nitrogen and oxygen atoms in total. The van der Waals surface area contributed by atoms with Crippen molar-refractivity contribution in [2.75, 3.05) is 6.61 Å². The molecule has 0 unspecified atom stereocenters. The Balaban J connectivity index is 2.17. The van der Waals surface area contributed by atoms with Gasteiger partial charge in [-0.1, -0.05) is 23.7 Å². The Morgan fingerprint density at radius 2 is 1.87 bits per heavy atom. The number of hydrogen-bond acceptors (Lipinski definition) is 6. The third-order valence-corrected chi connectivity index (χ3v) is 3.62. The van der Waals surface area contributed by atoms with E-state index in [0.29, 0.717) is 5.02 Å². The van der Waals surface area contributed by atoms with Gasteiger partial charge in [-0.25, -0.2) is 0 Å². The molecule has 7 heteroatoms. The summed E-state index contributed by atoms with van der Waals surface area (Å²) >= 11 is 5.85. The molecule has 1 fully saturated rings. The van der Waals surface area contributed by atoms with Gasteiger partial charge in [0.15, 0.2) is 11.9 Å². The summed E-state index contributed by atoms with van der Waals surface area (Å²) in [6.07, 6.45) is -2.36. The maximum Gasteiger partial charge on any atom is 0.303 e. The second-order valence-corrected chi connectivity index (χ2v) is 5.65. The maximum absolute atomic E-state index is 12.3. The van der Waals surface area contributed by atoms with Crippen LogP contribution in [0.1, 0.15) is 31.9 Å². The number of ketones is 1. The van der Waals surface area contributed by atoms with Crippen LogP contribution >= 0.6 is 11.6 Å². The van der Waals surface area contributed by atoms with Gasteiger partial charge in [-0.3, -0.25) is 14.4 Å². The molecular formula is C16H17ClO6. The molecule has 0 aliphatic carbocycles. The molecule has 0 radical (unpaired) electrons. The number of rotatable bonds is 4. The van der Waals surface area contributed by atoms with Crippen LogP contribution in [0.2, 0.25) is 5.02 Å². The number of halogens is 1. The van der Waals surface area contributed by atoms with Crippen molar-refractivity contribution in [3.8, 4) is 0 Å². The highest BCUT2D eigenvalue weighted by molar-refractivity contribution is 6.30. The van der Waals surface area contributed by atoms with E-state index in [2.05, 4.69) is 0 Å². The molecule has 0 bridgehead atoms. The summed E-state index contributed by atoms with van der Waals surface area (Å²) in [7, 11) is 0. The fourth-order valence-electron chi connectivity index (χ4n) is 2.36. The first-order valence-corrected chi connectivity index (χ1v) is 7.49. The van der Waals surface area contributed by atoms with Crippen molar-refractivity contribution in [2.45, 2.75) is 38.6 Å². The van der Waals surface area contributed by atoms with Gasteiger partial charge in [0.25, 0.3) is 0 Å². The number of Topliss-reactive ketones (excluding diaryl/α,β-unsaturated/α-hetero) is 1. The molecule has 23 heavy (non-hydrogen) atoms. The molecule has 1 saturated heterocycles. The fraction of sp³-hybridized carbons (Fsp3) is 0.438. The quantitative estimate of drug-likeness (QED) is 0.782. The van der Waals surface area contributed by atoms with Crippen LogP contribution in [-0.2, 0) is 28.6 Å². The molecule has 0 aromatic heterocycles. The third kappa shape index (κ3) is 4.77. The minimum atomic E-state index is -1.07. The lowest BCUT2D eigenvalue weighted by atomic mass is 9.95. The van der Waals surface area contributed by atoms with Gasteiger partial charge in [0, 0.05) is 25.3 Å². The van der Waals surface area contributed by atoms with Gasteiger partial charge in [-0.05, 0) is 17.7 Å². The molecule has 124 valence electrons. The zero-order chi connectivity index (χ0) is 17.0. The van der Waals surface area contributed by atoms with Gasteiger partial charge >= 0.3 is 11.9 Å². The number of carbonyl (C=O) groups excluding carboxylic acids is 3. The molecule has 1 aliphatic rings. The predicted octanol–water partition coefficient (Wildman–Crippen LogP) is 2.23. The highest BCUT2D eigenvalue weighted by Crippen LogP contribution is 2.31. The molecule has 0 N–H and O–H groups in total. The van der Waals surface area contributed by atoms with E-state index in [4.69, 9.17) is 25.8 Å². The van der Waals surface area contributed by atoms with Crippen LogP contribution in [0, 0.1) is 0 Å². The number of ether oxygens (including phenoxy) is 3. The lowest BCUT2D eigenvalue weighted by molar-refractivity contribution is -0.186. The van der Waals surface area contributed by atoms with Crippen LogP contribution in [0.4, 0.5) is 0 Å². The smallest absolute Gasteiger partial charge is 0.303 e. The largest absolute Gasteiger partial charge is 0.463 e. The molecular weight excluding hydrogens is 324 g/mol. The van der Waals surface area contributed by atoms with Gasteiger partial charge in [0.1, 0.15) is 12.7 Å². The lowest BCUT2D eigenvalue weighted by Crippen LogP contribution is -2.47. The maximum atomic E-state index is 12.3. The van der Waals surface area contributed by atoms with Crippen molar-refractivity contribution in [1.29, 1.82) is 0 Å². The zero-order valence-corrected chi connectivity index (χ0v) is 13.5. The minimum absolute atomic E-state index is 0.0656. The molecule has 0 saturated carbocycles. The van der Waals surface area contributed by atoms with Crippen LogP contribution in [0.5, 0.6) is 0 Å². The normalized spacial score (nSPS) is 24.1. The molecule has 3 atom stereocenters. The van der Waals surface area contributed by atoms with Crippen LogP contribution in [0.3, 0.4) is 0 Å². The van der Waals surface area contributed by atoms with Crippen molar-refractivity contribution < 1.29 is 28.6 Å².